The second-order valence-electron chi connectivity index (χ2n) is 3.50. The number of carbonyl (C=O) groups is 1. The molecule has 0 saturated carbocycles. The number of hydrogen-bond acceptors (Lipinski definition) is 4. The zero-order chi connectivity index (χ0) is 11.4. The molecule has 0 fully saturated rings. The van der Waals surface area contributed by atoms with Gasteiger partial charge in [-0.3, -0.25) is 4.79 Å². The van der Waals surface area contributed by atoms with Crippen LogP contribution in [0.5, 0.6) is 0 Å². The van der Waals surface area contributed by atoms with E-state index in [1.165, 1.54) is 0 Å². The molecule has 0 radical (unpaired) electrons. The van der Waals surface area contributed by atoms with E-state index in [0.29, 0.717) is 17.3 Å². The molecule has 0 spiro atoms. The van der Waals surface area contributed by atoms with E-state index in [0.717, 1.165) is 24.7 Å². The number of benzene rings is 1. The van der Waals surface area contributed by atoms with Gasteiger partial charge in [0.05, 0.1) is 0 Å². The van der Waals surface area contributed by atoms with Crippen LogP contribution in [0.15, 0.2) is 28.8 Å². The van der Waals surface area contributed by atoms with E-state index < -0.39 is 0 Å². The molecule has 0 amide bonds. The highest BCUT2D eigenvalue weighted by Gasteiger charge is 2.07. The normalized spacial score (nSPS) is 10.3. The summed E-state index contributed by atoms with van der Waals surface area (Å²) >= 11 is 0. The number of nitrogens with zero attached hydrogens (tertiary/aromatic N) is 2. The van der Waals surface area contributed by atoms with Crippen molar-refractivity contribution in [3.8, 4) is 11.4 Å². The zero-order valence-electron chi connectivity index (χ0n) is 9.01. The van der Waals surface area contributed by atoms with Crippen LogP contribution < -0.4 is 0 Å². The van der Waals surface area contributed by atoms with Crippen molar-refractivity contribution in [2.45, 2.75) is 19.8 Å². The van der Waals surface area contributed by atoms with Crippen LogP contribution >= 0.6 is 0 Å². The minimum absolute atomic E-state index is 0.570. The number of aromatic nitrogens is 2. The molecule has 0 aliphatic carbocycles. The van der Waals surface area contributed by atoms with Gasteiger partial charge < -0.3 is 4.52 Å². The van der Waals surface area contributed by atoms with Crippen LogP contribution in [0.25, 0.3) is 11.4 Å². The Morgan fingerprint density at radius 3 is 2.69 bits per heavy atom. The Balaban J connectivity index is 2.24. The second-order valence-corrected chi connectivity index (χ2v) is 3.50. The Morgan fingerprint density at radius 1 is 1.31 bits per heavy atom. The van der Waals surface area contributed by atoms with Crippen LogP contribution in [-0.4, -0.2) is 16.4 Å². The lowest BCUT2D eigenvalue weighted by Crippen LogP contribution is -1.85. The van der Waals surface area contributed by atoms with Crippen molar-refractivity contribution in [3.05, 3.63) is 35.7 Å². The fourth-order valence-electron chi connectivity index (χ4n) is 1.40. The SMILES string of the molecule is CCCc1nc(-c2ccc(C=O)cc2)no1. The predicted octanol–water partition coefficient (Wildman–Crippen LogP) is 2.50. The first-order valence-corrected chi connectivity index (χ1v) is 5.21. The summed E-state index contributed by atoms with van der Waals surface area (Å²) in [6.45, 7) is 2.06. The summed E-state index contributed by atoms with van der Waals surface area (Å²) in [6, 6.07) is 7.09. The van der Waals surface area contributed by atoms with E-state index in [4.69, 9.17) is 4.52 Å². The molecular weight excluding hydrogens is 204 g/mol. The fourth-order valence-corrected chi connectivity index (χ4v) is 1.40. The number of rotatable bonds is 4. The lowest BCUT2D eigenvalue weighted by molar-refractivity contribution is 0.112. The van der Waals surface area contributed by atoms with E-state index in [2.05, 4.69) is 17.1 Å². The molecule has 82 valence electrons. The fraction of sp³-hybridized carbons (Fsp3) is 0.250. The largest absolute Gasteiger partial charge is 0.339 e. The number of aryl methyl sites for hydroxylation is 1. The van der Waals surface area contributed by atoms with Crippen LogP contribution in [0.2, 0.25) is 0 Å². The standard InChI is InChI=1S/C12H12N2O2/c1-2-3-11-13-12(14-16-11)10-6-4-9(8-15)5-7-10/h4-8H,2-3H2,1H3. The first-order chi connectivity index (χ1) is 7.83. The molecule has 16 heavy (non-hydrogen) atoms. The quantitative estimate of drug-likeness (QED) is 0.737. The maximum absolute atomic E-state index is 10.5. The van der Waals surface area contributed by atoms with Gasteiger partial charge in [-0.1, -0.05) is 36.3 Å². The molecule has 1 heterocycles. The molecule has 0 aliphatic rings. The minimum atomic E-state index is 0.570. The Bertz CT molecular complexity index is 474. The third kappa shape index (κ3) is 2.16. The number of carbonyl (C=O) groups excluding carboxylic acids is 1. The summed E-state index contributed by atoms with van der Waals surface area (Å²) in [6.07, 6.45) is 2.58. The summed E-state index contributed by atoms with van der Waals surface area (Å²) < 4.78 is 5.09. The predicted molar refractivity (Wildman–Crippen MR) is 59.1 cm³/mol. The molecule has 0 unspecified atom stereocenters. The molecule has 0 atom stereocenters. The van der Waals surface area contributed by atoms with Crippen LogP contribution in [0.3, 0.4) is 0 Å². The van der Waals surface area contributed by atoms with Crippen molar-refractivity contribution in [1.82, 2.24) is 10.1 Å². The topological polar surface area (TPSA) is 56.0 Å². The third-order valence-electron chi connectivity index (χ3n) is 2.24. The van der Waals surface area contributed by atoms with Gasteiger partial charge in [-0.2, -0.15) is 4.98 Å². The molecule has 4 nitrogen and oxygen atoms in total. The molecule has 0 saturated heterocycles. The van der Waals surface area contributed by atoms with E-state index in [9.17, 15) is 4.79 Å². The van der Waals surface area contributed by atoms with Crippen molar-refractivity contribution >= 4 is 6.29 Å². The van der Waals surface area contributed by atoms with Gasteiger partial charge in [0.25, 0.3) is 0 Å². The lowest BCUT2D eigenvalue weighted by Gasteiger charge is -1.93. The van der Waals surface area contributed by atoms with Gasteiger partial charge in [0.2, 0.25) is 11.7 Å². The summed E-state index contributed by atoms with van der Waals surface area (Å²) in [5, 5.41) is 3.89. The highest BCUT2D eigenvalue weighted by molar-refractivity contribution is 5.76. The number of hydrogen-bond donors (Lipinski definition) is 0. The summed E-state index contributed by atoms with van der Waals surface area (Å²) in [7, 11) is 0. The Morgan fingerprint density at radius 2 is 2.06 bits per heavy atom. The molecular formula is C12H12N2O2. The van der Waals surface area contributed by atoms with Gasteiger partial charge in [0, 0.05) is 17.5 Å². The van der Waals surface area contributed by atoms with Crippen molar-refractivity contribution in [3.63, 3.8) is 0 Å². The van der Waals surface area contributed by atoms with E-state index in [-0.39, 0.29) is 0 Å². The monoisotopic (exact) mass is 216 g/mol. The third-order valence-corrected chi connectivity index (χ3v) is 2.24. The Labute approximate surface area is 93.3 Å². The van der Waals surface area contributed by atoms with E-state index in [1.807, 2.05) is 12.1 Å². The molecule has 2 rings (SSSR count). The summed E-state index contributed by atoms with van der Waals surface area (Å²) in [5.74, 6) is 1.22. The van der Waals surface area contributed by atoms with Gasteiger partial charge in [-0.05, 0) is 6.42 Å². The second kappa shape index (κ2) is 4.70. The molecule has 0 bridgehead atoms. The van der Waals surface area contributed by atoms with E-state index >= 15 is 0 Å². The van der Waals surface area contributed by atoms with Crippen LogP contribution in [0, 0.1) is 0 Å². The van der Waals surface area contributed by atoms with Crippen LogP contribution in [-0.2, 0) is 6.42 Å². The lowest BCUT2D eigenvalue weighted by atomic mass is 10.1. The molecule has 1 aromatic heterocycles. The van der Waals surface area contributed by atoms with Crippen molar-refractivity contribution in [2.75, 3.05) is 0 Å². The maximum Gasteiger partial charge on any atom is 0.226 e. The van der Waals surface area contributed by atoms with Crippen molar-refractivity contribution in [1.29, 1.82) is 0 Å². The van der Waals surface area contributed by atoms with Gasteiger partial charge in [0.1, 0.15) is 6.29 Å². The first-order valence-electron chi connectivity index (χ1n) is 5.21. The highest BCUT2D eigenvalue weighted by atomic mass is 16.5. The molecule has 2 aromatic rings. The molecule has 1 aromatic carbocycles. The average molecular weight is 216 g/mol. The van der Waals surface area contributed by atoms with Gasteiger partial charge in [-0.15, -0.1) is 0 Å². The molecule has 4 heteroatoms. The Hall–Kier alpha value is -1.97. The minimum Gasteiger partial charge on any atom is -0.339 e. The molecule has 0 aliphatic heterocycles. The van der Waals surface area contributed by atoms with Gasteiger partial charge >= 0.3 is 0 Å². The van der Waals surface area contributed by atoms with Crippen molar-refractivity contribution < 1.29 is 9.32 Å². The number of aldehydes is 1. The van der Waals surface area contributed by atoms with E-state index in [1.54, 1.807) is 12.1 Å². The average Bonchev–Trinajstić information content (AvgIpc) is 2.78. The Kier molecular flexibility index (Phi) is 3.10. The zero-order valence-corrected chi connectivity index (χ0v) is 9.01. The molecule has 0 N–H and O–H groups in total. The van der Waals surface area contributed by atoms with Crippen molar-refractivity contribution in [2.24, 2.45) is 0 Å². The van der Waals surface area contributed by atoms with Gasteiger partial charge in [0.15, 0.2) is 0 Å². The maximum atomic E-state index is 10.5. The summed E-state index contributed by atoms with van der Waals surface area (Å²) in [5.41, 5.74) is 1.50. The first kappa shape index (κ1) is 10.5. The van der Waals surface area contributed by atoms with Crippen LogP contribution in [0.4, 0.5) is 0 Å². The van der Waals surface area contributed by atoms with Gasteiger partial charge in [-0.25, -0.2) is 0 Å². The smallest absolute Gasteiger partial charge is 0.226 e. The summed E-state index contributed by atoms with van der Waals surface area (Å²) in [4.78, 5) is 14.8. The highest BCUT2D eigenvalue weighted by Crippen LogP contribution is 2.16. The van der Waals surface area contributed by atoms with Crippen LogP contribution in [0.1, 0.15) is 29.6 Å².